The van der Waals surface area contributed by atoms with E-state index in [1.165, 1.54) is 57.4 Å². The number of piperidine rings is 4. The van der Waals surface area contributed by atoms with Crippen LogP contribution in [0.15, 0.2) is 60.7 Å². The first-order chi connectivity index (χ1) is 58.3. The van der Waals surface area contributed by atoms with E-state index >= 15 is 0 Å². The maximum atomic E-state index is 13.8. The second kappa shape index (κ2) is 53.0. The average Bonchev–Trinajstić information content (AvgIpc) is 1.51. The van der Waals surface area contributed by atoms with Gasteiger partial charge in [0.25, 0.3) is 0 Å². The SMILES string of the molecule is CC(C)(C)OC(=O)N[C@@H](CNC(=O)OCc1ccccc1)C(=O)O.COC(=O)[C@@H]1CCC[C@@H]2C(=O)NCC(C)C(=O)N21.COC(=O)[C@@H]1CCC[C@@H]2C(=O)NCC(NC(=O)OC(C)(C)C)C(=O)N21.COOCC1CCCC(C(=O)OC)N1.COOCC1CCC[C@@H](C(=O)OC)N1C(=O)[C@H](CNC(=O)OCc1ccccc1)NC(=O)OC(C)(C)C.O=CC(F)(F)F. The van der Waals surface area contributed by atoms with Crippen molar-refractivity contribution in [3.05, 3.63) is 71.8 Å². The predicted molar refractivity (Wildman–Crippen MR) is 427 cm³/mol. The van der Waals surface area contributed by atoms with E-state index in [0.717, 1.165) is 36.8 Å². The van der Waals surface area contributed by atoms with E-state index in [0.29, 0.717) is 64.5 Å². The predicted octanol–water partition coefficient (Wildman–Crippen LogP) is 4.80. The third-order valence-electron chi connectivity index (χ3n) is 18.4. The number of hydrogen-bond donors (Lipinski definition) is 9. The van der Waals surface area contributed by atoms with E-state index in [-0.39, 0.29) is 81.1 Å². The topological polar surface area (TPSA) is 519 Å². The molecule has 6 fully saturated rings. The first kappa shape index (κ1) is 107. The molecule has 0 aromatic heterocycles. The molecule has 6 saturated heterocycles. The smallest absolute Gasteiger partial charge is 0.446 e. The van der Waals surface area contributed by atoms with Crippen LogP contribution in [0, 0.1) is 5.92 Å². The number of amides is 10. The summed E-state index contributed by atoms with van der Waals surface area (Å²) in [5, 5.41) is 29.6. The highest BCUT2D eigenvalue weighted by atomic mass is 19.4. The summed E-state index contributed by atoms with van der Waals surface area (Å²) in [5.41, 5.74) is -0.714. The van der Waals surface area contributed by atoms with Crippen molar-refractivity contribution in [2.24, 2.45) is 5.92 Å². The van der Waals surface area contributed by atoms with Crippen LogP contribution in [0.1, 0.15) is 157 Å². The molecule has 44 heteroatoms. The van der Waals surface area contributed by atoms with Gasteiger partial charge in [-0.1, -0.05) is 67.6 Å². The van der Waals surface area contributed by atoms with Gasteiger partial charge in [0.15, 0.2) is 0 Å². The monoisotopic (exact) mass is 1770 g/mol. The molecule has 2 aromatic carbocycles. The molecule has 2 aromatic rings. The molecule has 6 aliphatic rings. The summed E-state index contributed by atoms with van der Waals surface area (Å²) < 4.78 is 75.9. The summed E-state index contributed by atoms with van der Waals surface area (Å²) in [6, 6.07) is 10.3. The number of methoxy groups -OCH3 is 4. The largest absolute Gasteiger partial charge is 0.480 e. The maximum absolute atomic E-state index is 13.8. The molecule has 41 nitrogen and oxygen atoms in total. The number of nitrogens with one attached hydrogen (secondary N) is 8. The van der Waals surface area contributed by atoms with Gasteiger partial charge in [0.05, 0.1) is 74.3 Å². The molecular weight excluding hydrogens is 1650 g/mol. The number of nitrogens with zero attached hydrogens (tertiary/aromatic N) is 3. The molecule has 12 atom stereocenters. The van der Waals surface area contributed by atoms with E-state index in [1.807, 2.05) is 36.4 Å². The van der Waals surface area contributed by atoms with Gasteiger partial charge < -0.3 is 99.7 Å². The van der Waals surface area contributed by atoms with Crippen LogP contribution in [0.4, 0.5) is 37.1 Å². The quantitative estimate of drug-likeness (QED) is 0.0237. The molecule has 0 spiro atoms. The molecule has 6 heterocycles. The van der Waals surface area contributed by atoms with Crippen molar-refractivity contribution in [3.63, 3.8) is 0 Å². The Morgan fingerprint density at radius 2 is 0.911 bits per heavy atom. The van der Waals surface area contributed by atoms with Gasteiger partial charge in [0.2, 0.25) is 35.8 Å². The van der Waals surface area contributed by atoms with Crippen LogP contribution in [-0.4, -0.2) is 287 Å². The van der Waals surface area contributed by atoms with Crippen molar-refractivity contribution >= 4 is 96.1 Å². The molecule has 5 unspecified atom stereocenters. The summed E-state index contributed by atoms with van der Waals surface area (Å²) >= 11 is 0. The number of carboxylic acid groups (broad SMARTS) is 1. The molecule has 10 amide bonds. The number of carboxylic acids is 1. The van der Waals surface area contributed by atoms with Crippen molar-refractivity contribution in [2.75, 3.05) is 82.1 Å². The fourth-order valence-corrected chi connectivity index (χ4v) is 12.8. The zero-order chi connectivity index (χ0) is 93.2. The number of alkyl carbamates (subject to hydrolysis) is 5. The van der Waals surface area contributed by atoms with Crippen LogP contribution in [0.25, 0.3) is 0 Å². The third kappa shape index (κ3) is 39.1. The lowest BCUT2D eigenvalue weighted by molar-refractivity contribution is -0.281. The Hall–Kier alpha value is -11.3. The Morgan fingerprint density at radius 1 is 0.508 bits per heavy atom. The number of likely N-dealkylation sites (tertiary alicyclic amines) is 1. The van der Waals surface area contributed by atoms with Crippen molar-refractivity contribution < 1.29 is 157 Å². The number of carbonyl (C=O) groups excluding carboxylic acids is 15. The Balaban J connectivity index is 0.000000406. The molecule has 696 valence electrons. The second-order valence-corrected chi connectivity index (χ2v) is 31.5. The number of alkyl halides is 3. The standard InChI is InChI=1S/C25H37N3O9.C16H25N3O6.C16H22N2O6.C12H18N2O4.C9H17NO4.C2HF3O/c1-25(2,3)37-24(32)27-19(14-26-23(31)35-15-17-10-7-6-8-11-17)21(29)28-18(16-36-34-5)12-9-13-20(28)22(30)33-4;1-16(2,3)25-15(23)18-9-8-17-12(20)10-6-5-7-11(14(22)24-4)19(10)13(9)21;1-16(2,3)24-15(22)18-12(13(19)20)9-17-14(21)23-10-11-7-5-4-6-8-11;1-7-6-13-10(15)8-4-3-5-9(12(17)18-2)14(8)11(7)16;1-12-9(11)8-5-3-4-7(10-8)6-14-13-2;3-2(4,5)1-6/h6-8,10-11,18-20H,9,12-16H2,1-5H3,(H,26,31)(H,27,32);9-11H,5-8H2,1-4H3,(H,17,20)(H,18,23);4-8,12H,9-10H2,1-3H3,(H,17,21)(H,18,22)(H,19,20);7-9H,3-6H2,1-2H3,(H,13,15);7-8,10H,3-6H2,1-2H3;1H/t18?,19-,20-;9?,10-,11+;12-;7?,8-,9+;;/m0101../s1. The van der Waals surface area contributed by atoms with E-state index in [4.69, 9.17) is 62.5 Å². The van der Waals surface area contributed by atoms with Gasteiger partial charge >= 0.3 is 66.5 Å². The Kier molecular flexibility index (Phi) is 45.7. The molecule has 0 saturated carbocycles. The molecule has 0 bridgehead atoms. The fraction of sp³-hybridized carbons (Fsp3) is 0.650. The van der Waals surface area contributed by atoms with Gasteiger partial charge in [0, 0.05) is 19.1 Å². The van der Waals surface area contributed by atoms with Crippen LogP contribution >= 0.6 is 0 Å². The Morgan fingerprint density at radius 3 is 1.35 bits per heavy atom. The highest BCUT2D eigenvalue weighted by Crippen LogP contribution is 2.30. The van der Waals surface area contributed by atoms with Crippen molar-refractivity contribution in [3.8, 4) is 0 Å². The molecule has 8 rings (SSSR count). The number of aldehydes is 1. The van der Waals surface area contributed by atoms with Gasteiger partial charge in [-0.05, 0) is 150 Å². The number of carbonyl (C=O) groups is 16. The molecule has 0 radical (unpaired) electrons. The number of rotatable bonds is 23. The second-order valence-electron chi connectivity index (χ2n) is 31.5. The zero-order valence-electron chi connectivity index (χ0n) is 72.7. The lowest BCUT2D eigenvalue weighted by atomic mass is 9.94. The Bertz CT molecular complexity index is 3810. The molecule has 9 N–H and O–H groups in total. The molecule has 6 aliphatic heterocycles. The minimum absolute atomic E-state index is 0.00143. The van der Waals surface area contributed by atoms with Crippen LogP contribution in [0.5, 0.6) is 0 Å². The summed E-state index contributed by atoms with van der Waals surface area (Å²) in [7, 11) is 7.99. The minimum Gasteiger partial charge on any atom is -0.480 e. The van der Waals surface area contributed by atoms with Gasteiger partial charge in [-0.3, -0.25) is 38.9 Å². The van der Waals surface area contributed by atoms with E-state index in [2.05, 4.69) is 52.2 Å². The average molecular weight is 1770 g/mol. The van der Waals surface area contributed by atoms with Gasteiger partial charge in [-0.25, -0.2) is 62.7 Å². The molecule has 124 heavy (non-hydrogen) atoms. The van der Waals surface area contributed by atoms with Gasteiger partial charge in [0.1, 0.15) is 91.0 Å². The third-order valence-corrected chi connectivity index (χ3v) is 18.4. The number of esters is 4. The lowest BCUT2D eigenvalue weighted by Crippen LogP contribution is -2.62. The van der Waals surface area contributed by atoms with Crippen molar-refractivity contribution in [1.29, 1.82) is 0 Å². The number of fused-ring (bicyclic) bond motifs is 2. The lowest BCUT2D eigenvalue weighted by Gasteiger charge is -2.41. The van der Waals surface area contributed by atoms with Crippen LogP contribution in [0.2, 0.25) is 0 Å². The van der Waals surface area contributed by atoms with Crippen LogP contribution in [0.3, 0.4) is 0 Å². The van der Waals surface area contributed by atoms with E-state index < -0.39 is 150 Å². The normalized spacial score (nSPS) is 21.5. The summed E-state index contributed by atoms with van der Waals surface area (Å²) in [4.78, 5) is 214. The first-order valence-electron chi connectivity index (χ1n) is 39.8. The van der Waals surface area contributed by atoms with E-state index in [1.54, 1.807) is 93.5 Å². The number of benzene rings is 2. The maximum Gasteiger partial charge on any atom is 0.446 e. The highest BCUT2D eigenvalue weighted by molar-refractivity contribution is 5.98. The number of hydrogen-bond acceptors (Lipinski definition) is 30. The number of ether oxygens (including phenoxy) is 9. The van der Waals surface area contributed by atoms with Crippen LogP contribution in [-0.2, 0) is 128 Å². The minimum atomic E-state index is -4.64. The number of halogens is 3. The summed E-state index contributed by atoms with van der Waals surface area (Å²) in [5.74, 6) is -5.16. The number of aliphatic carboxylic acids is 1. The summed E-state index contributed by atoms with van der Waals surface area (Å²) in [6.07, 6.45) is -1.95. The van der Waals surface area contributed by atoms with Crippen LogP contribution < -0.4 is 42.5 Å². The van der Waals surface area contributed by atoms with Gasteiger partial charge in [-0.15, -0.1) is 0 Å². The zero-order valence-corrected chi connectivity index (χ0v) is 72.7. The Labute approximate surface area is 716 Å². The fourth-order valence-electron chi connectivity index (χ4n) is 12.8. The van der Waals surface area contributed by atoms with E-state index in [9.17, 15) is 85.1 Å². The highest BCUT2D eigenvalue weighted by Gasteiger charge is 2.49. The van der Waals surface area contributed by atoms with Crippen molar-refractivity contribution in [1.82, 2.24) is 57.2 Å². The molecular formula is C80H120F3N11O30. The summed E-state index contributed by atoms with van der Waals surface area (Å²) in [6.45, 7) is 17.1. The van der Waals surface area contributed by atoms with Crippen molar-refractivity contribution in [2.45, 2.75) is 249 Å². The molecule has 0 aliphatic carbocycles. The van der Waals surface area contributed by atoms with Gasteiger partial charge in [-0.2, -0.15) is 13.2 Å². The first-order valence-corrected chi connectivity index (χ1v) is 39.8.